The van der Waals surface area contributed by atoms with Crippen LogP contribution in [0.1, 0.15) is 21.5 Å². The Morgan fingerprint density at radius 1 is 1.11 bits per heavy atom. The van der Waals surface area contributed by atoms with Crippen molar-refractivity contribution in [3.8, 4) is 11.3 Å². The minimum absolute atomic E-state index is 0.0623. The van der Waals surface area contributed by atoms with Gasteiger partial charge in [-0.25, -0.2) is 9.38 Å². The highest BCUT2D eigenvalue weighted by Gasteiger charge is 2.13. The normalized spacial score (nSPS) is 11.7. The van der Waals surface area contributed by atoms with Crippen molar-refractivity contribution in [3.63, 3.8) is 0 Å². The SMILES string of the molecule is CN(C)C/C(N)=N/C(=N)c1ccc2[nH]nc(-c3cccc(C(=O)NCc4ccc(F)cc4)c3)c2c1. The number of fused-ring (bicyclic) bond motifs is 1. The number of halogens is 1. The molecule has 1 aromatic heterocycles. The first kappa shape index (κ1) is 23.8. The molecule has 4 aromatic rings. The summed E-state index contributed by atoms with van der Waals surface area (Å²) in [6.45, 7) is 0.745. The zero-order valence-electron chi connectivity index (χ0n) is 19.5. The fraction of sp³-hybridized carbons (Fsp3) is 0.154. The molecule has 0 radical (unpaired) electrons. The third-order valence-corrected chi connectivity index (χ3v) is 5.33. The van der Waals surface area contributed by atoms with Crippen LogP contribution in [0.15, 0.2) is 71.7 Å². The van der Waals surface area contributed by atoms with E-state index in [0.717, 1.165) is 22.0 Å². The number of carbonyl (C=O) groups is 1. The number of hydrogen-bond acceptors (Lipinski definition) is 4. The van der Waals surface area contributed by atoms with Crippen molar-refractivity contribution in [1.29, 1.82) is 5.41 Å². The van der Waals surface area contributed by atoms with E-state index in [4.69, 9.17) is 11.1 Å². The van der Waals surface area contributed by atoms with Gasteiger partial charge in [0.2, 0.25) is 0 Å². The molecule has 1 amide bonds. The van der Waals surface area contributed by atoms with E-state index in [1.807, 2.05) is 37.2 Å². The Hall–Kier alpha value is -4.37. The topological polar surface area (TPSA) is 123 Å². The molecule has 0 fully saturated rings. The fourth-order valence-electron chi connectivity index (χ4n) is 3.64. The molecule has 0 aliphatic heterocycles. The van der Waals surface area contributed by atoms with Crippen molar-refractivity contribution in [2.24, 2.45) is 10.7 Å². The van der Waals surface area contributed by atoms with Gasteiger partial charge in [0.05, 0.1) is 17.8 Å². The maximum absolute atomic E-state index is 13.1. The molecule has 0 bridgehead atoms. The van der Waals surface area contributed by atoms with Crippen LogP contribution in [0.3, 0.4) is 0 Å². The fourth-order valence-corrected chi connectivity index (χ4v) is 3.64. The minimum Gasteiger partial charge on any atom is -0.386 e. The molecule has 0 unspecified atom stereocenters. The number of aliphatic imine (C=N–C) groups is 1. The van der Waals surface area contributed by atoms with Crippen LogP contribution in [0.25, 0.3) is 22.2 Å². The van der Waals surface area contributed by atoms with Gasteiger partial charge in [0.25, 0.3) is 5.91 Å². The molecular weight excluding hydrogens is 445 g/mol. The molecule has 178 valence electrons. The van der Waals surface area contributed by atoms with Gasteiger partial charge in [-0.15, -0.1) is 0 Å². The van der Waals surface area contributed by atoms with Crippen molar-refractivity contribution >= 4 is 28.5 Å². The lowest BCUT2D eigenvalue weighted by Gasteiger charge is -2.09. The van der Waals surface area contributed by atoms with Gasteiger partial charge >= 0.3 is 0 Å². The number of likely N-dealkylation sites (N-methyl/N-ethyl adjacent to an activating group) is 1. The Labute approximate surface area is 202 Å². The summed E-state index contributed by atoms with van der Waals surface area (Å²) in [5, 5.41) is 19.4. The number of hydrogen-bond donors (Lipinski definition) is 4. The number of aromatic nitrogens is 2. The Morgan fingerprint density at radius 2 is 1.89 bits per heavy atom. The molecule has 35 heavy (non-hydrogen) atoms. The summed E-state index contributed by atoms with van der Waals surface area (Å²) in [5.74, 6) is -0.149. The average Bonchev–Trinajstić information content (AvgIpc) is 3.26. The largest absolute Gasteiger partial charge is 0.386 e. The van der Waals surface area contributed by atoms with Crippen LogP contribution < -0.4 is 11.1 Å². The number of benzene rings is 3. The molecule has 0 aliphatic rings. The third kappa shape index (κ3) is 5.77. The first-order valence-corrected chi connectivity index (χ1v) is 11.0. The summed E-state index contributed by atoms with van der Waals surface area (Å²) in [7, 11) is 3.76. The first-order chi connectivity index (χ1) is 16.8. The molecular formula is C26H26FN7O. The van der Waals surface area contributed by atoms with Gasteiger partial charge in [0.1, 0.15) is 11.7 Å². The first-order valence-electron chi connectivity index (χ1n) is 11.0. The van der Waals surface area contributed by atoms with Gasteiger partial charge in [-0.2, -0.15) is 5.10 Å². The van der Waals surface area contributed by atoms with E-state index in [0.29, 0.717) is 29.2 Å². The lowest BCUT2D eigenvalue weighted by atomic mass is 10.0. The molecule has 0 aliphatic carbocycles. The van der Waals surface area contributed by atoms with Crippen molar-refractivity contribution < 1.29 is 9.18 Å². The molecule has 4 rings (SSSR count). The number of nitrogens with two attached hydrogens (primary N) is 1. The van der Waals surface area contributed by atoms with Crippen molar-refractivity contribution in [2.75, 3.05) is 20.6 Å². The average molecular weight is 472 g/mol. The third-order valence-electron chi connectivity index (χ3n) is 5.33. The highest BCUT2D eigenvalue weighted by Crippen LogP contribution is 2.28. The summed E-state index contributed by atoms with van der Waals surface area (Å²) in [6.07, 6.45) is 0. The molecule has 0 spiro atoms. The number of aromatic amines is 1. The molecule has 0 saturated heterocycles. The Morgan fingerprint density at radius 3 is 2.63 bits per heavy atom. The monoisotopic (exact) mass is 471 g/mol. The van der Waals surface area contributed by atoms with E-state index in [1.54, 1.807) is 36.4 Å². The van der Waals surface area contributed by atoms with E-state index in [-0.39, 0.29) is 24.1 Å². The van der Waals surface area contributed by atoms with Gasteiger partial charge in [-0.05, 0) is 62.1 Å². The van der Waals surface area contributed by atoms with Gasteiger partial charge in [0, 0.05) is 28.6 Å². The quantitative estimate of drug-likeness (QED) is 0.243. The molecule has 0 saturated carbocycles. The van der Waals surface area contributed by atoms with Crippen LogP contribution in [0.4, 0.5) is 4.39 Å². The van der Waals surface area contributed by atoms with Gasteiger partial charge in [-0.3, -0.25) is 15.3 Å². The van der Waals surface area contributed by atoms with Crippen LogP contribution in [0.2, 0.25) is 0 Å². The molecule has 3 aromatic carbocycles. The number of rotatable bonds is 7. The van der Waals surface area contributed by atoms with E-state index >= 15 is 0 Å². The Kier molecular flexibility index (Phi) is 6.98. The smallest absolute Gasteiger partial charge is 0.251 e. The standard InChI is InChI=1S/C26H26FN7O/c1-34(2)15-23(28)31-25(29)18-8-11-22-21(13-18)24(33-32-22)17-4-3-5-19(12-17)26(35)30-14-16-6-9-20(27)10-7-16/h3-13H,14-15H2,1-2H3,(H,30,35)(H,32,33)(H3,28,29,31). The van der Waals surface area contributed by atoms with Crippen LogP contribution >= 0.6 is 0 Å². The lowest BCUT2D eigenvalue weighted by molar-refractivity contribution is 0.0951. The lowest BCUT2D eigenvalue weighted by Crippen LogP contribution is -2.29. The highest BCUT2D eigenvalue weighted by molar-refractivity contribution is 6.07. The molecule has 5 N–H and O–H groups in total. The summed E-state index contributed by atoms with van der Waals surface area (Å²) in [6, 6.07) is 18.6. The zero-order valence-corrected chi connectivity index (χ0v) is 19.5. The number of amidine groups is 2. The number of nitrogens with one attached hydrogen (secondary N) is 3. The maximum atomic E-state index is 13.1. The van der Waals surface area contributed by atoms with Gasteiger partial charge in [0.15, 0.2) is 5.84 Å². The number of amides is 1. The predicted molar refractivity (Wildman–Crippen MR) is 136 cm³/mol. The van der Waals surface area contributed by atoms with Gasteiger partial charge in [-0.1, -0.05) is 24.3 Å². The van der Waals surface area contributed by atoms with E-state index in [1.165, 1.54) is 12.1 Å². The van der Waals surface area contributed by atoms with Gasteiger partial charge < -0.3 is 16.0 Å². The number of carbonyl (C=O) groups excluding carboxylic acids is 1. The van der Waals surface area contributed by atoms with E-state index in [9.17, 15) is 9.18 Å². The van der Waals surface area contributed by atoms with Crippen molar-refractivity contribution in [3.05, 3.63) is 89.2 Å². The predicted octanol–water partition coefficient (Wildman–Crippen LogP) is 3.54. The molecule has 9 heteroatoms. The van der Waals surface area contributed by atoms with Crippen LogP contribution in [0, 0.1) is 11.2 Å². The number of H-pyrrole nitrogens is 1. The summed E-state index contributed by atoms with van der Waals surface area (Å²) >= 11 is 0. The molecule has 8 nitrogen and oxygen atoms in total. The maximum Gasteiger partial charge on any atom is 0.251 e. The van der Waals surface area contributed by atoms with Crippen LogP contribution in [0.5, 0.6) is 0 Å². The summed E-state index contributed by atoms with van der Waals surface area (Å²) < 4.78 is 13.1. The number of nitrogens with zero attached hydrogens (tertiary/aromatic N) is 3. The van der Waals surface area contributed by atoms with Crippen LogP contribution in [-0.2, 0) is 6.54 Å². The Bertz CT molecular complexity index is 1410. The second-order valence-electron chi connectivity index (χ2n) is 8.41. The Balaban J connectivity index is 1.57. The van der Waals surface area contributed by atoms with E-state index in [2.05, 4.69) is 20.5 Å². The highest BCUT2D eigenvalue weighted by atomic mass is 19.1. The van der Waals surface area contributed by atoms with Crippen LogP contribution in [-0.4, -0.2) is 53.3 Å². The van der Waals surface area contributed by atoms with Crippen molar-refractivity contribution in [2.45, 2.75) is 6.54 Å². The minimum atomic E-state index is -0.318. The van der Waals surface area contributed by atoms with E-state index < -0.39 is 0 Å². The second-order valence-corrected chi connectivity index (χ2v) is 8.41. The molecule has 1 heterocycles. The van der Waals surface area contributed by atoms with Crippen molar-refractivity contribution in [1.82, 2.24) is 20.4 Å². The zero-order chi connectivity index (χ0) is 24.9. The second kappa shape index (κ2) is 10.3. The summed E-state index contributed by atoms with van der Waals surface area (Å²) in [5.41, 5.74) is 10.0. The summed E-state index contributed by atoms with van der Waals surface area (Å²) in [4.78, 5) is 18.8. The molecule has 0 atom stereocenters.